The number of halogens is 2. The summed E-state index contributed by atoms with van der Waals surface area (Å²) in [5.41, 5.74) is 1.31. The zero-order chi connectivity index (χ0) is 21.5. The lowest BCUT2D eigenvalue weighted by Gasteiger charge is -2.41. The number of aromatic nitrogens is 4. The molecule has 0 saturated carbocycles. The molecule has 0 amide bonds. The normalized spacial score (nSPS) is 19.2. The smallest absolute Gasteiger partial charge is 0.183 e. The highest BCUT2D eigenvalue weighted by Gasteiger charge is 2.36. The minimum Gasteiger partial charge on any atom is -0.363 e. The molecule has 1 fully saturated rings. The van der Waals surface area contributed by atoms with Gasteiger partial charge in [-0.15, -0.1) is 0 Å². The summed E-state index contributed by atoms with van der Waals surface area (Å²) in [4.78, 5) is 16.8. The van der Waals surface area contributed by atoms with E-state index >= 15 is 0 Å². The molecule has 160 valence electrons. The van der Waals surface area contributed by atoms with Crippen LogP contribution >= 0.6 is 11.6 Å². The Morgan fingerprint density at radius 1 is 1.40 bits per heavy atom. The molecule has 1 aliphatic heterocycles. The van der Waals surface area contributed by atoms with Crippen molar-refractivity contribution in [3.8, 4) is 11.4 Å². The van der Waals surface area contributed by atoms with Crippen LogP contribution in [0.1, 0.15) is 26.7 Å². The first-order chi connectivity index (χ1) is 14.3. The summed E-state index contributed by atoms with van der Waals surface area (Å²) in [6.45, 7) is 4.67. The molecule has 3 N–H and O–H groups in total. The molecule has 3 aromatic heterocycles. The Bertz CT molecular complexity index is 1110. The van der Waals surface area contributed by atoms with Gasteiger partial charge in [-0.25, -0.2) is 23.6 Å². The number of pyridine rings is 1. The molecule has 0 spiro atoms. The lowest BCUT2D eigenvalue weighted by atomic mass is 10.0. The van der Waals surface area contributed by atoms with E-state index < -0.39 is 21.8 Å². The zero-order valence-electron chi connectivity index (χ0n) is 16.5. The average molecular weight is 453 g/mol. The first-order valence-corrected chi connectivity index (χ1v) is 11.0. The second kappa shape index (κ2) is 8.18. The van der Waals surface area contributed by atoms with Crippen molar-refractivity contribution in [3.63, 3.8) is 0 Å². The summed E-state index contributed by atoms with van der Waals surface area (Å²) in [5, 5.41) is 4.38. The lowest BCUT2D eigenvalue weighted by Crippen LogP contribution is -2.54. The molecule has 3 aromatic rings. The Morgan fingerprint density at radius 3 is 2.97 bits per heavy atom. The van der Waals surface area contributed by atoms with Crippen LogP contribution in [0.25, 0.3) is 22.4 Å². The fraction of sp³-hybridized carbons (Fsp3) is 0.421. The molecular weight excluding hydrogens is 431 g/mol. The Hall–Kier alpha value is -2.14. The van der Waals surface area contributed by atoms with E-state index in [0.29, 0.717) is 35.1 Å². The Morgan fingerprint density at radius 2 is 2.20 bits per heavy atom. The van der Waals surface area contributed by atoms with Gasteiger partial charge in [0.15, 0.2) is 28.5 Å². The maximum Gasteiger partial charge on any atom is 0.183 e. The van der Waals surface area contributed by atoms with Crippen LogP contribution in [0.5, 0.6) is 0 Å². The highest BCUT2D eigenvalue weighted by atomic mass is 35.5. The number of piperidine rings is 1. The van der Waals surface area contributed by atoms with Gasteiger partial charge in [0.2, 0.25) is 0 Å². The van der Waals surface area contributed by atoms with Gasteiger partial charge >= 0.3 is 0 Å². The highest BCUT2D eigenvalue weighted by molar-refractivity contribution is 7.80. The van der Waals surface area contributed by atoms with Crippen LogP contribution in [0.4, 0.5) is 10.2 Å². The summed E-state index contributed by atoms with van der Waals surface area (Å²) in [6.07, 6.45) is 6.01. The largest absolute Gasteiger partial charge is 0.363 e. The van der Waals surface area contributed by atoms with Crippen molar-refractivity contribution in [2.24, 2.45) is 0 Å². The fourth-order valence-corrected chi connectivity index (χ4v) is 4.19. The first kappa shape index (κ1) is 21.1. The van der Waals surface area contributed by atoms with Crippen LogP contribution in [-0.4, -0.2) is 57.6 Å². The van der Waals surface area contributed by atoms with Gasteiger partial charge in [-0.05, 0) is 39.3 Å². The number of aromatic amines is 1. The van der Waals surface area contributed by atoms with Gasteiger partial charge in [0, 0.05) is 35.9 Å². The van der Waals surface area contributed by atoms with Gasteiger partial charge in [0.1, 0.15) is 10.5 Å². The quantitative estimate of drug-likeness (QED) is 0.507. The molecule has 1 unspecified atom stereocenters. The van der Waals surface area contributed by atoms with Crippen LogP contribution in [-0.2, 0) is 11.1 Å². The average Bonchev–Trinajstić information content (AvgIpc) is 3.13. The van der Waals surface area contributed by atoms with E-state index in [0.717, 1.165) is 24.4 Å². The third-order valence-corrected chi connectivity index (χ3v) is 6.75. The van der Waals surface area contributed by atoms with Gasteiger partial charge in [-0.1, -0.05) is 11.6 Å². The predicted molar refractivity (Wildman–Crippen MR) is 115 cm³/mol. The Labute approximate surface area is 180 Å². The van der Waals surface area contributed by atoms with Gasteiger partial charge < -0.3 is 14.9 Å². The maximum absolute atomic E-state index is 14.5. The van der Waals surface area contributed by atoms with E-state index in [4.69, 9.17) is 11.6 Å². The van der Waals surface area contributed by atoms with Crippen molar-refractivity contribution in [2.75, 3.05) is 18.4 Å². The molecule has 0 aliphatic carbocycles. The van der Waals surface area contributed by atoms with Gasteiger partial charge in [-0.2, -0.15) is 0 Å². The van der Waals surface area contributed by atoms with E-state index in [9.17, 15) is 13.2 Å². The van der Waals surface area contributed by atoms with Crippen LogP contribution in [0, 0.1) is 5.82 Å². The van der Waals surface area contributed by atoms with Crippen LogP contribution in [0.15, 0.2) is 24.7 Å². The van der Waals surface area contributed by atoms with E-state index in [1.54, 1.807) is 32.3 Å². The molecule has 8 nitrogen and oxygen atoms in total. The topological polar surface area (TPSA) is 107 Å². The molecule has 0 bridgehead atoms. The number of fused-ring (bicyclic) bond motifs is 1. The molecule has 30 heavy (non-hydrogen) atoms. The summed E-state index contributed by atoms with van der Waals surface area (Å²) in [7, 11) is 0. The van der Waals surface area contributed by atoms with Crippen molar-refractivity contribution in [2.45, 2.75) is 37.6 Å². The van der Waals surface area contributed by atoms with Crippen molar-refractivity contribution >= 4 is 39.5 Å². The molecule has 4 heterocycles. The second-order valence-corrected chi connectivity index (χ2v) is 9.70. The number of hydrogen-bond donors (Lipinski definition) is 3. The minimum absolute atomic E-state index is 0.0964. The third kappa shape index (κ3) is 4.04. The highest BCUT2D eigenvalue weighted by Crippen LogP contribution is 2.29. The van der Waals surface area contributed by atoms with E-state index in [2.05, 4.69) is 25.3 Å². The summed E-state index contributed by atoms with van der Waals surface area (Å²) < 4.78 is 35.8. The molecule has 1 saturated heterocycles. The predicted octanol–water partition coefficient (Wildman–Crippen LogP) is 3.65. The molecule has 1 aliphatic rings. The SMILES string of the molecule is CC(C)(N1CCC[C@H](Nc2nc(-c3c[nH]c4ncc(Cl)cc34)ncc2F)C1)S(=O)O. The van der Waals surface area contributed by atoms with E-state index in [1.165, 1.54) is 0 Å². The second-order valence-electron chi connectivity index (χ2n) is 7.77. The number of hydrogen-bond acceptors (Lipinski definition) is 6. The zero-order valence-corrected chi connectivity index (χ0v) is 18.1. The summed E-state index contributed by atoms with van der Waals surface area (Å²) >= 11 is 4.06. The number of anilines is 1. The van der Waals surface area contributed by atoms with Crippen LogP contribution < -0.4 is 5.32 Å². The lowest BCUT2D eigenvalue weighted by molar-refractivity contribution is 0.144. The molecular formula is C19H22ClFN6O2S. The van der Waals surface area contributed by atoms with Gasteiger partial charge in [0.05, 0.1) is 11.2 Å². The number of rotatable bonds is 5. The number of likely N-dealkylation sites (tertiary alicyclic amines) is 1. The first-order valence-electron chi connectivity index (χ1n) is 9.54. The molecule has 2 atom stereocenters. The minimum atomic E-state index is -2.00. The number of H-pyrrole nitrogens is 1. The van der Waals surface area contributed by atoms with Crippen LogP contribution in [0.2, 0.25) is 5.02 Å². The van der Waals surface area contributed by atoms with E-state index in [-0.39, 0.29) is 11.9 Å². The Kier molecular flexibility index (Phi) is 5.75. The monoisotopic (exact) mass is 452 g/mol. The van der Waals surface area contributed by atoms with Crippen molar-refractivity contribution < 1.29 is 13.2 Å². The maximum atomic E-state index is 14.5. The third-order valence-electron chi connectivity index (χ3n) is 5.43. The standard InChI is InChI=1S/C19H22ClFN6O2S/c1-19(2,30(28)29)27-5-3-4-12(10-27)25-18-15(21)9-24-17(26-18)14-8-23-16-13(14)6-11(20)7-22-16/h6-9,12H,3-5,10H2,1-2H3,(H,22,23)(H,28,29)(H,24,25,26)/t12-/m0/s1. The van der Waals surface area contributed by atoms with Gasteiger partial charge in [0.25, 0.3) is 0 Å². The summed E-state index contributed by atoms with van der Waals surface area (Å²) in [6, 6.07) is 1.64. The molecule has 4 rings (SSSR count). The van der Waals surface area contributed by atoms with Crippen molar-refractivity contribution in [1.29, 1.82) is 0 Å². The number of nitrogens with one attached hydrogen (secondary N) is 2. The van der Waals surface area contributed by atoms with E-state index in [1.807, 2.05) is 4.90 Å². The van der Waals surface area contributed by atoms with Crippen LogP contribution in [0.3, 0.4) is 0 Å². The Balaban J connectivity index is 1.59. The van der Waals surface area contributed by atoms with Crippen molar-refractivity contribution in [1.82, 2.24) is 24.8 Å². The molecule has 11 heteroatoms. The molecule has 0 radical (unpaired) electrons. The van der Waals surface area contributed by atoms with Gasteiger partial charge in [-0.3, -0.25) is 4.90 Å². The summed E-state index contributed by atoms with van der Waals surface area (Å²) in [5.74, 6) is -0.116. The number of nitrogens with zero attached hydrogens (tertiary/aromatic N) is 4. The molecule has 0 aromatic carbocycles. The fourth-order valence-electron chi connectivity index (χ4n) is 3.65. The van der Waals surface area contributed by atoms with Crippen molar-refractivity contribution in [3.05, 3.63) is 35.5 Å².